The smallest absolute Gasteiger partial charge is 0.0548 e. The number of piperazine rings is 1. The minimum absolute atomic E-state index is 0. The Morgan fingerprint density at radius 2 is 2.00 bits per heavy atom. The van der Waals surface area contributed by atoms with Gasteiger partial charge in [-0.15, -0.1) is 12.4 Å². The third-order valence-electron chi connectivity index (χ3n) is 3.92. The van der Waals surface area contributed by atoms with E-state index in [4.69, 9.17) is 11.6 Å². The molecule has 1 aliphatic rings. The molecule has 2 rings (SSSR count). The molecule has 0 bridgehead atoms. The Hall–Kier alpha value is 0.160. The highest BCUT2D eigenvalue weighted by molar-refractivity contribution is 9.10. The first-order valence-corrected chi connectivity index (χ1v) is 8.13. The van der Waals surface area contributed by atoms with Crippen LogP contribution in [0.4, 0.5) is 0 Å². The van der Waals surface area contributed by atoms with Gasteiger partial charge in [-0.3, -0.25) is 4.90 Å². The summed E-state index contributed by atoms with van der Waals surface area (Å²) in [6.45, 7) is 8.36. The topological polar surface area (TPSA) is 35.5 Å². The van der Waals surface area contributed by atoms with E-state index in [1.54, 1.807) is 0 Å². The first-order valence-electron chi connectivity index (χ1n) is 6.96. The summed E-state index contributed by atoms with van der Waals surface area (Å²) < 4.78 is 0.908. The van der Waals surface area contributed by atoms with Crippen LogP contribution in [0.25, 0.3) is 0 Å². The molecule has 1 aromatic rings. The summed E-state index contributed by atoms with van der Waals surface area (Å²) in [6.07, 6.45) is 0. The lowest BCUT2D eigenvalue weighted by Crippen LogP contribution is -2.49. The lowest BCUT2D eigenvalue weighted by atomic mass is 9.80. The van der Waals surface area contributed by atoms with Gasteiger partial charge in [-0.1, -0.05) is 31.5 Å². The van der Waals surface area contributed by atoms with Crippen molar-refractivity contribution >= 4 is 39.9 Å². The number of hydrogen-bond acceptors (Lipinski definition) is 3. The van der Waals surface area contributed by atoms with Gasteiger partial charge in [0.2, 0.25) is 0 Å². The van der Waals surface area contributed by atoms with Gasteiger partial charge in [-0.2, -0.15) is 0 Å². The predicted molar refractivity (Wildman–Crippen MR) is 94.5 cm³/mol. The molecule has 0 aliphatic carbocycles. The van der Waals surface area contributed by atoms with Crippen molar-refractivity contribution in [2.24, 2.45) is 5.41 Å². The van der Waals surface area contributed by atoms with Crippen molar-refractivity contribution in [2.45, 2.75) is 19.9 Å². The van der Waals surface area contributed by atoms with Crippen LogP contribution in [0.2, 0.25) is 5.02 Å². The van der Waals surface area contributed by atoms with Crippen LogP contribution < -0.4 is 5.32 Å². The van der Waals surface area contributed by atoms with Crippen LogP contribution in [0, 0.1) is 5.41 Å². The average molecular weight is 398 g/mol. The third-order valence-corrected chi connectivity index (χ3v) is 5.14. The maximum atomic E-state index is 9.80. The molecule has 3 nitrogen and oxygen atoms in total. The highest BCUT2D eigenvalue weighted by atomic mass is 79.9. The number of benzene rings is 1. The molecule has 6 heteroatoms. The van der Waals surface area contributed by atoms with Gasteiger partial charge >= 0.3 is 0 Å². The fourth-order valence-electron chi connectivity index (χ4n) is 2.87. The molecule has 1 aliphatic heterocycles. The molecule has 1 atom stereocenters. The highest BCUT2D eigenvalue weighted by Crippen LogP contribution is 2.40. The Labute approximate surface area is 146 Å². The molecular formula is C15H23BrCl2N2O. The summed E-state index contributed by atoms with van der Waals surface area (Å²) in [7, 11) is 0. The Kier molecular flexibility index (Phi) is 7.44. The Balaban J connectivity index is 0.00000220. The van der Waals surface area contributed by atoms with Crippen molar-refractivity contribution in [2.75, 3.05) is 32.8 Å². The third kappa shape index (κ3) is 4.57. The molecule has 120 valence electrons. The van der Waals surface area contributed by atoms with Gasteiger partial charge in [0.05, 0.1) is 5.02 Å². The van der Waals surface area contributed by atoms with E-state index in [2.05, 4.69) is 52.1 Å². The van der Waals surface area contributed by atoms with E-state index in [-0.39, 0.29) is 30.5 Å². The fraction of sp³-hybridized carbons (Fsp3) is 0.600. The van der Waals surface area contributed by atoms with E-state index in [1.165, 1.54) is 5.56 Å². The van der Waals surface area contributed by atoms with Crippen LogP contribution in [0.15, 0.2) is 22.7 Å². The van der Waals surface area contributed by atoms with Crippen LogP contribution in [0.5, 0.6) is 0 Å². The van der Waals surface area contributed by atoms with E-state index in [9.17, 15) is 5.11 Å². The van der Waals surface area contributed by atoms with Gasteiger partial charge in [0, 0.05) is 48.7 Å². The second-order valence-electron chi connectivity index (χ2n) is 6.01. The summed E-state index contributed by atoms with van der Waals surface area (Å²) in [5.41, 5.74) is 0.993. The molecule has 1 saturated heterocycles. The molecule has 1 fully saturated rings. The second-order valence-corrected chi connectivity index (χ2v) is 7.27. The van der Waals surface area contributed by atoms with Crippen LogP contribution in [-0.2, 0) is 0 Å². The number of halogens is 3. The lowest BCUT2D eigenvalue weighted by molar-refractivity contribution is 0.0305. The summed E-state index contributed by atoms with van der Waals surface area (Å²) in [6, 6.07) is 6.25. The minimum Gasteiger partial charge on any atom is -0.396 e. The normalized spacial score (nSPS) is 18.1. The maximum absolute atomic E-state index is 9.80. The van der Waals surface area contributed by atoms with Crippen LogP contribution in [0.1, 0.15) is 25.5 Å². The monoisotopic (exact) mass is 396 g/mol. The second kappa shape index (κ2) is 8.14. The van der Waals surface area contributed by atoms with Crippen molar-refractivity contribution in [3.05, 3.63) is 33.3 Å². The van der Waals surface area contributed by atoms with Gasteiger partial charge in [0.25, 0.3) is 0 Å². The first kappa shape index (κ1) is 19.2. The number of rotatable bonds is 4. The van der Waals surface area contributed by atoms with Gasteiger partial charge in [-0.05, 0) is 33.6 Å². The van der Waals surface area contributed by atoms with E-state index in [1.807, 2.05) is 6.07 Å². The standard InChI is InChI=1S/C15H22BrClN2O.ClH/c1-15(2,10-20)14(19-7-5-18-6-8-19)11-3-4-13(17)12(16)9-11;/h3-4,9,14,18,20H,5-8,10H2,1-2H3;1H/t14-;/m0./s1. The SMILES string of the molecule is CC(C)(CO)[C@H](c1ccc(Cl)c(Br)c1)N1CCNCC1.Cl. The van der Waals surface area contributed by atoms with Crippen molar-refractivity contribution in [1.82, 2.24) is 10.2 Å². The summed E-state index contributed by atoms with van der Waals surface area (Å²) in [5, 5.41) is 13.9. The molecular weight excluding hydrogens is 375 g/mol. The minimum atomic E-state index is -0.204. The number of nitrogens with zero attached hydrogens (tertiary/aromatic N) is 1. The van der Waals surface area contributed by atoms with Gasteiger partial charge in [0.15, 0.2) is 0 Å². The zero-order valence-electron chi connectivity index (χ0n) is 12.4. The molecule has 2 N–H and O–H groups in total. The molecule has 0 unspecified atom stereocenters. The molecule has 0 spiro atoms. The molecule has 1 heterocycles. The van der Waals surface area contributed by atoms with E-state index in [0.29, 0.717) is 0 Å². The summed E-state index contributed by atoms with van der Waals surface area (Å²) in [4.78, 5) is 2.45. The molecule has 1 aromatic carbocycles. The summed E-state index contributed by atoms with van der Waals surface area (Å²) >= 11 is 9.60. The summed E-state index contributed by atoms with van der Waals surface area (Å²) in [5.74, 6) is 0. The van der Waals surface area contributed by atoms with Gasteiger partial charge < -0.3 is 10.4 Å². The Morgan fingerprint density at radius 3 is 2.52 bits per heavy atom. The van der Waals surface area contributed by atoms with Gasteiger partial charge in [0.1, 0.15) is 0 Å². The number of aliphatic hydroxyl groups is 1. The first-order chi connectivity index (χ1) is 9.45. The zero-order chi connectivity index (χ0) is 14.8. The molecule has 0 aromatic heterocycles. The van der Waals surface area contributed by atoms with Crippen molar-refractivity contribution < 1.29 is 5.11 Å². The predicted octanol–water partition coefficient (Wildman–Crippen LogP) is 3.49. The quantitative estimate of drug-likeness (QED) is 0.816. The van der Waals surface area contributed by atoms with Crippen LogP contribution in [-0.4, -0.2) is 42.8 Å². The van der Waals surface area contributed by atoms with Crippen LogP contribution >= 0.6 is 39.9 Å². The number of aliphatic hydroxyl groups excluding tert-OH is 1. The highest BCUT2D eigenvalue weighted by Gasteiger charge is 2.35. The Bertz CT molecular complexity index is 465. The van der Waals surface area contributed by atoms with E-state index < -0.39 is 0 Å². The fourth-order valence-corrected chi connectivity index (χ4v) is 3.38. The molecule has 0 saturated carbocycles. The number of hydrogen-bond donors (Lipinski definition) is 2. The van der Waals surface area contributed by atoms with Crippen LogP contribution in [0.3, 0.4) is 0 Å². The van der Waals surface area contributed by atoms with Crippen molar-refractivity contribution in [3.63, 3.8) is 0 Å². The van der Waals surface area contributed by atoms with E-state index >= 15 is 0 Å². The molecule has 0 amide bonds. The lowest BCUT2D eigenvalue weighted by Gasteiger charge is -2.43. The van der Waals surface area contributed by atoms with Crippen molar-refractivity contribution in [1.29, 1.82) is 0 Å². The Morgan fingerprint density at radius 1 is 1.38 bits per heavy atom. The average Bonchev–Trinajstić information content (AvgIpc) is 2.44. The van der Waals surface area contributed by atoms with E-state index in [0.717, 1.165) is 35.7 Å². The molecule has 21 heavy (non-hydrogen) atoms. The zero-order valence-corrected chi connectivity index (χ0v) is 15.6. The molecule has 0 radical (unpaired) electrons. The van der Waals surface area contributed by atoms with Crippen molar-refractivity contribution in [3.8, 4) is 0 Å². The largest absolute Gasteiger partial charge is 0.396 e. The number of nitrogens with one attached hydrogen (secondary N) is 1. The maximum Gasteiger partial charge on any atom is 0.0548 e. The van der Waals surface area contributed by atoms with Gasteiger partial charge in [-0.25, -0.2) is 0 Å².